The molecule has 0 aliphatic carbocycles. The number of nitrogens with two attached hydrogens (primary N) is 1. The van der Waals surface area contributed by atoms with Crippen LogP contribution in [0.1, 0.15) is 11.1 Å². The maximum Gasteiger partial charge on any atom is 0.238 e. The number of anilines is 1. The Labute approximate surface area is 151 Å². The normalized spacial score (nSPS) is 10.2. The Morgan fingerprint density at radius 2 is 2.17 bits per heavy atom. The van der Waals surface area contributed by atoms with Gasteiger partial charge in [0.15, 0.2) is 6.61 Å². The monoisotopic (exact) mass is 385 g/mol. The Bertz CT molecular complexity index is 827. The average Bonchev–Trinajstić information content (AvgIpc) is 2.60. The summed E-state index contributed by atoms with van der Waals surface area (Å²) >= 11 is 12.4. The molecule has 0 atom stereocenters. The molecular formula is C15H10Cl2FN3O2S. The third kappa shape index (κ3) is 4.51. The first-order valence-corrected chi connectivity index (χ1v) is 8.24. The molecule has 2 aromatic rings. The second kappa shape index (κ2) is 8.20. The van der Waals surface area contributed by atoms with Gasteiger partial charge in [-0.1, -0.05) is 47.1 Å². The number of halogens is 3. The van der Waals surface area contributed by atoms with E-state index >= 15 is 0 Å². The van der Waals surface area contributed by atoms with Crippen molar-refractivity contribution >= 4 is 45.8 Å². The molecule has 0 radical (unpaired) electrons. The lowest BCUT2D eigenvalue weighted by atomic mass is 10.2. The molecule has 0 saturated carbocycles. The second-order valence-corrected chi connectivity index (χ2v) is 6.30. The maximum absolute atomic E-state index is 13.4. The van der Waals surface area contributed by atoms with Crippen LogP contribution in [-0.2, 0) is 10.5 Å². The summed E-state index contributed by atoms with van der Waals surface area (Å²) < 4.78 is 18.5. The lowest BCUT2D eigenvalue weighted by Gasteiger charge is -2.09. The minimum atomic E-state index is -1.03. The van der Waals surface area contributed by atoms with Gasteiger partial charge in [0.05, 0.1) is 17.3 Å². The van der Waals surface area contributed by atoms with Crippen molar-refractivity contribution in [3.63, 3.8) is 0 Å². The van der Waals surface area contributed by atoms with Crippen LogP contribution >= 0.6 is 35.0 Å². The van der Waals surface area contributed by atoms with E-state index in [-0.39, 0.29) is 28.3 Å². The first kappa shape index (κ1) is 18.3. The van der Waals surface area contributed by atoms with Crippen LogP contribution in [0.2, 0.25) is 10.0 Å². The van der Waals surface area contributed by atoms with Gasteiger partial charge in [-0.15, -0.1) is 0 Å². The molecule has 1 aromatic carbocycles. The summed E-state index contributed by atoms with van der Waals surface area (Å²) in [4.78, 5) is 15.3. The van der Waals surface area contributed by atoms with Gasteiger partial charge in [0, 0.05) is 5.75 Å². The smallest absolute Gasteiger partial charge is 0.238 e. The van der Waals surface area contributed by atoms with Gasteiger partial charge in [0.1, 0.15) is 10.0 Å². The van der Waals surface area contributed by atoms with Gasteiger partial charge in [-0.05, 0) is 17.7 Å². The number of nitriles is 1. The van der Waals surface area contributed by atoms with Crippen LogP contribution in [-0.4, -0.2) is 16.7 Å². The number of rotatable bonds is 5. The molecule has 0 spiro atoms. The zero-order valence-corrected chi connectivity index (χ0v) is 14.4. The molecule has 0 aliphatic heterocycles. The molecule has 2 rings (SSSR count). The number of carbonyl (C=O) groups is 1. The van der Waals surface area contributed by atoms with Crippen LogP contribution in [0.3, 0.4) is 0 Å². The average molecular weight is 386 g/mol. The minimum absolute atomic E-state index is 0.152. The number of hydrogen-bond acceptors (Lipinski definition) is 6. The molecule has 0 saturated heterocycles. The van der Waals surface area contributed by atoms with Gasteiger partial charge in [0.25, 0.3) is 0 Å². The summed E-state index contributed by atoms with van der Waals surface area (Å²) in [5, 5.41) is 7.96. The van der Waals surface area contributed by atoms with E-state index in [4.69, 9.17) is 38.9 Å². The first-order chi connectivity index (χ1) is 11.4. The Hall–Kier alpha value is -2.01. The Morgan fingerprint density at radius 3 is 2.88 bits per heavy atom. The first-order valence-electron chi connectivity index (χ1n) is 6.49. The van der Waals surface area contributed by atoms with E-state index in [2.05, 4.69) is 4.98 Å². The van der Waals surface area contributed by atoms with Crippen molar-refractivity contribution in [3.8, 4) is 11.9 Å². The number of nitrogens with zero attached hydrogens (tertiary/aromatic N) is 2. The number of carbonyl (C=O) groups excluding carboxylic acids is 1. The van der Waals surface area contributed by atoms with Gasteiger partial charge in [0.2, 0.25) is 16.9 Å². The molecule has 1 heterocycles. The number of ether oxygens (including phenoxy) is 1. The van der Waals surface area contributed by atoms with Gasteiger partial charge < -0.3 is 10.5 Å². The molecule has 0 bridgehead atoms. The fourth-order valence-electron chi connectivity index (χ4n) is 1.67. The minimum Gasteiger partial charge on any atom is -0.467 e. The predicted octanol–water partition coefficient (Wildman–Crippen LogP) is 3.82. The van der Waals surface area contributed by atoms with Crippen molar-refractivity contribution in [2.75, 3.05) is 12.3 Å². The predicted molar refractivity (Wildman–Crippen MR) is 91.6 cm³/mol. The van der Waals surface area contributed by atoms with E-state index in [9.17, 15) is 9.18 Å². The van der Waals surface area contributed by atoms with Gasteiger partial charge in [-0.3, -0.25) is 4.79 Å². The zero-order chi connectivity index (χ0) is 17.7. The molecule has 124 valence electrons. The standard InChI is InChI=1S/C15H10Cl2FN3O2S/c16-11-13(20)12(17)15(21-14(11)18)23-6-10(22)24-7-9-3-1-2-8(4-9)5-19/h1-4H,6-7H2,(H2,20,21). The SMILES string of the molecule is N#Cc1cccc(CSC(=O)COc2nc(F)c(Cl)c(N)c2Cl)c1. The summed E-state index contributed by atoms with van der Waals surface area (Å²) in [6, 6.07) is 8.92. The largest absolute Gasteiger partial charge is 0.467 e. The van der Waals surface area contributed by atoms with E-state index in [0.717, 1.165) is 17.3 Å². The highest BCUT2D eigenvalue weighted by molar-refractivity contribution is 8.13. The maximum atomic E-state index is 13.4. The third-order valence-corrected chi connectivity index (χ3v) is 4.47. The summed E-state index contributed by atoms with van der Waals surface area (Å²) in [6.45, 7) is -0.365. The van der Waals surface area contributed by atoms with E-state index in [1.54, 1.807) is 24.3 Å². The van der Waals surface area contributed by atoms with E-state index in [0.29, 0.717) is 11.3 Å². The second-order valence-electron chi connectivity index (χ2n) is 4.51. The molecule has 24 heavy (non-hydrogen) atoms. The van der Waals surface area contributed by atoms with Gasteiger partial charge >= 0.3 is 0 Å². The van der Waals surface area contributed by atoms with E-state index < -0.39 is 11.0 Å². The van der Waals surface area contributed by atoms with Crippen LogP contribution in [0, 0.1) is 17.3 Å². The summed E-state index contributed by atoms with van der Waals surface area (Å²) in [5.74, 6) is -0.950. The van der Waals surface area contributed by atoms with Gasteiger partial charge in [-0.25, -0.2) is 0 Å². The van der Waals surface area contributed by atoms with Crippen LogP contribution in [0.5, 0.6) is 5.88 Å². The topological polar surface area (TPSA) is 89.0 Å². The highest BCUT2D eigenvalue weighted by atomic mass is 35.5. The summed E-state index contributed by atoms with van der Waals surface area (Å²) in [5.41, 5.74) is 6.65. The lowest BCUT2D eigenvalue weighted by molar-refractivity contribution is -0.112. The van der Waals surface area contributed by atoms with Crippen LogP contribution < -0.4 is 10.5 Å². The molecule has 9 heteroatoms. The fraction of sp³-hybridized carbons (Fsp3) is 0.133. The highest BCUT2D eigenvalue weighted by Gasteiger charge is 2.17. The van der Waals surface area contributed by atoms with Crippen molar-refractivity contribution in [2.24, 2.45) is 0 Å². The zero-order valence-electron chi connectivity index (χ0n) is 12.1. The highest BCUT2D eigenvalue weighted by Crippen LogP contribution is 2.35. The van der Waals surface area contributed by atoms with E-state index in [1.807, 2.05) is 6.07 Å². The number of pyridine rings is 1. The molecule has 2 N–H and O–H groups in total. The summed E-state index contributed by atoms with van der Waals surface area (Å²) in [7, 11) is 0. The number of thioether (sulfide) groups is 1. The van der Waals surface area contributed by atoms with E-state index in [1.165, 1.54) is 0 Å². The van der Waals surface area contributed by atoms with Crippen LogP contribution in [0.4, 0.5) is 10.1 Å². The van der Waals surface area contributed by atoms with Crippen molar-refractivity contribution < 1.29 is 13.9 Å². The fourth-order valence-corrected chi connectivity index (χ4v) is 2.69. The quantitative estimate of drug-likeness (QED) is 0.786. The van der Waals surface area contributed by atoms with Crippen LogP contribution in [0.15, 0.2) is 24.3 Å². The number of aromatic nitrogens is 1. The Balaban J connectivity index is 1.93. The number of nitrogen functional groups attached to an aromatic ring is 1. The molecule has 5 nitrogen and oxygen atoms in total. The van der Waals surface area contributed by atoms with Crippen molar-refractivity contribution in [1.29, 1.82) is 5.26 Å². The molecular weight excluding hydrogens is 376 g/mol. The van der Waals surface area contributed by atoms with Crippen LogP contribution in [0.25, 0.3) is 0 Å². The van der Waals surface area contributed by atoms with Crippen molar-refractivity contribution in [3.05, 3.63) is 51.4 Å². The van der Waals surface area contributed by atoms with Gasteiger partial charge in [-0.2, -0.15) is 14.6 Å². The van der Waals surface area contributed by atoms with Crippen molar-refractivity contribution in [2.45, 2.75) is 5.75 Å². The molecule has 1 aromatic heterocycles. The number of benzene rings is 1. The Kier molecular flexibility index (Phi) is 6.26. The van der Waals surface area contributed by atoms with Crippen molar-refractivity contribution in [1.82, 2.24) is 4.98 Å². The number of hydrogen-bond donors (Lipinski definition) is 1. The Morgan fingerprint density at radius 1 is 1.42 bits per heavy atom. The third-order valence-electron chi connectivity index (χ3n) is 2.82. The molecule has 0 fully saturated rings. The molecule has 0 amide bonds. The lowest BCUT2D eigenvalue weighted by Crippen LogP contribution is -2.10. The summed E-state index contributed by atoms with van der Waals surface area (Å²) in [6.07, 6.45) is 0. The molecule has 0 unspecified atom stereocenters. The molecule has 0 aliphatic rings.